The number of rotatable bonds is 3. The first-order valence-electron chi connectivity index (χ1n) is 8.57. The molecule has 132 valence electrons. The predicted octanol–water partition coefficient (Wildman–Crippen LogP) is 2.21. The molecule has 1 aromatic carbocycles. The lowest BCUT2D eigenvalue weighted by molar-refractivity contribution is -0.121. The van der Waals surface area contributed by atoms with Crippen LogP contribution >= 0.6 is 11.8 Å². The summed E-state index contributed by atoms with van der Waals surface area (Å²) in [5.41, 5.74) is 6.22. The molecule has 0 saturated carbocycles. The Bertz CT molecular complexity index is 805. The minimum atomic E-state index is -0.245. The molecule has 0 radical (unpaired) electrons. The zero-order valence-corrected chi connectivity index (χ0v) is 15.1. The van der Waals surface area contributed by atoms with Crippen molar-refractivity contribution in [3.05, 3.63) is 24.5 Å². The first-order chi connectivity index (χ1) is 12.1. The van der Waals surface area contributed by atoms with E-state index in [1.165, 1.54) is 4.90 Å². The minimum absolute atomic E-state index is 0.143. The van der Waals surface area contributed by atoms with Gasteiger partial charge in [0.2, 0.25) is 5.91 Å². The lowest BCUT2D eigenvalue weighted by Crippen LogP contribution is -2.44. The van der Waals surface area contributed by atoms with E-state index in [1.807, 2.05) is 0 Å². The van der Waals surface area contributed by atoms with Gasteiger partial charge in [0.1, 0.15) is 12.1 Å². The smallest absolute Gasteiger partial charge is 0.222 e. The number of piperidine rings is 1. The standard InChI is InChI=1S/C18H22N4O2S/c1-25-13-2-3-15-14(8-13)17(21-11-20-15)22-6-4-18(5-7-22)9-12(10-24-18)16(19)23/h2-3,8,11-12H,4-7,9-10H2,1H3,(H2,19,23). The van der Waals surface area contributed by atoms with Crippen LogP contribution in [-0.2, 0) is 9.53 Å². The molecule has 2 aromatic rings. The molecule has 2 aliphatic heterocycles. The fourth-order valence-electron chi connectivity index (χ4n) is 3.90. The van der Waals surface area contributed by atoms with Gasteiger partial charge in [-0.25, -0.2) is 9.97 Å². The van der Waals surface area contributed by atoms with E-state index in [0.717, 1.165) is 49.1 Å². The number of carbonyl (C=O) groups is 1. The normalized spacial score (nSPS) is 22.6. The Hall–Kier alpha value is -1.86. The fourth-order valence-corrected chi connectivity index (χ4v) is 4.34. The summed E-state index contributed by atoms with van der Waals surface area (Å²) in [6.45, 7) is 2.19. The maximum absolute atomic E-state index is 11.4. The second-order valence-electron chi connectivity index (χ2n) is 6.86. The van der Waals surface area contributed by atoms with Gasteiger partial charge in [-0.3, -0.25) is 4.79 Å². The molecule has 6 nitrogen and oxygen atoms in total. The second-order valence-corrected chi connectivity index (χ2v) is 7.74. The highest BCUT2D eigenvalue weighted by Gasteiger charge is 2.44. The third-order valence-electron chi connectivity index (χ3n) is 5.41. The Morgan fingerprint density at radius 3 is 2.84 bits per heavy atom. The summed E-state index contributed by atoms with van der Waals surface area (Å²) >= 11 is 1.72. The number of nitrogens with two attached hydrogens (primary N) is 1. The summed E-state index contributed by atoms with van der Waals surface area (Å²) in [4.78, 5) is 23.9. The van der Waals surface area contributed by atoms with E-state index in [2.05, 4.69) is 39.3 Å². The van der Waals surface area contributed by atoms with Crippen molar-refractivity contribution in [1.82, 2.24) is 9.97 Å². The second kappa shape index (κ2) is 6.46. The number of thioether (sulfide) groups is 1. The molecule has 1 amide bonds. The van der Waals surface area contributed by atoms with E-state index in [-0.39, 0.29) is 17.4 Å². The highest BCUT2D eigenvalue weighted by molar-refractivity contribution is 7.98. The van der Waals surface area contributed by atoms with Gasteiger partial charge in [0.05, 0.1) is 23.6 Å². The fraction of sp³-hybridized carbons (Fsp3) is 0.500. The maximum Gasteiger partial charge on any atom is 0.222 e. The van der Waals surface area contributed by atoms with Crippen LogP contribution in [0.25, 0.3) is 10.9 Å². The molecule has 7 heteroatoms. The molecule has 0 bridgehead atoms. The van der Waals surface area contributed by atoms with E-state index in [0.29, 0.717) is 6.61 Å². The Balaban J connectivity index is 1.55. The molecule has 4 rings (SSSR count). The third-order valence-corrected chi connectivity index (χ3v) is 6.13. The van der Waals surface area contributed by atoms with Crippen LogP contribution in [0, 0.1) is 5.92 Å². The van der Waals surface area contributed by atoms with Crippen LogP contribution in [-0.4, -0.2) is 47.4 Å². The van der Waals surface area contributed by atoms with Crippen molar-refractivity contribution < 1.29 is 9.53 Å². The summed E-state index contributed by atoms with van der Waals surface area (Å²) in [6, 6.07) is 6.30. The van der Waals surface area contributed by atoms with Crippen LogP contribution < -0.4 is 10.6 Å². The topological polar surface area (TPSA) is 81.3 Å². The Morgan fingerprint density at radius 2 is 2.16 bits per heavy atom. The molecule has 1 spiro atoms. The first-order valence-corrected chi connectivity index (χ1v) is 9.80. The SMILES string of the molecule is CSc1ccc2ncnc(N3CCC4(CC3)CC(C(N)=O)CO4)c2c1. The zero-order valence-electron chi connectivity index (χ0n) is 14.3. The Labute approximate surface area is 151 Å². The maximum atomic E-state index is 11.4. The molecule has 3 heterocycles. The number of nitrogens with zero attached hydrogens (tertiary/aromatic N) is 3. The quantitative estimate of drug-likeness (QED) is 0.847. The molecule has 0 aliphatic carbocycles. The monoisotopic (exact) mass is 358 g/mol. The number of anilines is 1. The minimum Gasteiger partial charge on any atom is -0.374 e. The van der Waals surface area contributed by atoms with Gasteiger partial charge < -0.3 is 15.4 Å². The van der Waals surface area contributed by atoms with E-state index in [1.54, 1.807) is 18.1 Å². The first kappa shape index (κ1) is 16.6. The summed E-state index contributed by atoms with van der Waals surface area (Å²) in [5, 5.41) is 1.09. The van der Waals surface area contributed by atoms with Crippen molar-refractivity contribution in [3.8, 4) is 0 Å². The molecule has 2 aliphatic rings. The number of fused-ring (bicyclic) bond motifs is 1. The van der Waals surface area contributed by atoms with Crippen molar-refractivity contribution in [3.63, 3.8) is 0 Å². The molecule has 1 atom stereocenters. The van der Waals surface area contributed by atoms with Gasteiger partial charge in [-0.1, -0.05) is 0 Å². The highest BCUT2D eigenvalue weighted by atomic mass is 32.2. The van der Waals surface area contributed by atoms with Gasteiger partial charge >= 0.3 is 0 Å². The average molecular weight is 358 g/mol. The van der Waals surface area contributed by atoms with Crippen molar-refractivity contribution in [2.24, 2.45) is 11.7 Å². The zero-order chi connectivity index (χ0) is 17.4. The van der Waals surface area contributed by atoms with E-state index in [4.69, 9.17) is 10.5 Å². The summed E-state index contributed by atoms with van der Waals surface area (Å²) in [6.07, 6.45) is 6.24. The molecule has 2 N–H and O–H groups in total. The third kappa shape index (κ3) is 3.06. The number of aromatic nitrogens is 2. The lowest BCUT2D eigenvalue weighted by atomic mass is 9.85. The predicted molar refractivity (Wildman–Crippen MR) is 98.8 cm³/mol. The summed E-state index contributed by atoms with van der Waals surface area (Å²) < 4.78 is 6.00. The number of hydrogen-bond acceptors (Lipinski definition) is 6. The van der Waals surface area contributed by atoms with Gasteiger partial charge in [0.25, 0.3) is 0 Å². The Morgan fingerprint density at radius 1 is 1.36 bits per heavy atom. The lowest BCUT2D eigenvalue weighted by Gasteiger charge is -2.39. The highest BCUT2D eigenvalue weighted by Crippen LogP contribution is 2.40. The summed E-state index contributed by atoms with van der Waals surface area (Å²) in [5.74, 6) is 0.599. The molecule has 25 heavy (non-hydrogen) atoms. The van der Waals surface area contributed by atoms with Crippen molar-refractivity contribution in [1.29, 1.82) is 0 Å². The van der Waals surface area contributed by atoms with Crippen LogP contribution in [0.2, 0.25) is 0 Å². The number of primary amides is 1. The van der Waals surface area contributed by atoms with Crippen LogP contribution in [0.3, 0.4) is 0 Å². The Kier molecular flexibility index (Phi) is 4.29. The molecule has 2 fully saturated rings. The number of hydrogen-bond donors (Lipinski definition) is 1. The van der Waals surface area contributed by atoms with Crippen LogP contribution in [0.4, 0.5) is 5.82 Å². The van der Waals surface area contributed by atoms with Gasteiger partial charge in [-0.2, -0.15) is 0 Å². The van der Waals surface area contributed by atoms with E-state index < -0.39 is 0 Å². The van der Waals surface area contributed by atoms with E-state index in [9.17, 15) is 4.79 Å². The van der Waals surface area contributed by atoms with Gasteiger partial charge in [-0.05, 0) is 43.7 Å². The van der Waals surface area contributed by atoms with Crippen LogP contribution in [0.1, 0.15) is 19.3 Å². The van der Waals surface area contributed by atoms with Gasteiger partial charge in [0, 0.05) is 23.4 Å². The molecule has 1 aromatic heterocycles. The van der Waals surface area contributed by atoms with Crippen molar-refractivity contribution in [2.75, 3.05) is 30.9 Å². The van der Waals surface area contributed by atoms with Crippen LogP contribution in [0.5, 0.6) is 0 Å². The number of amides is 1. The average Bonchev–Trinajstić information content (AvgIpc) is 3.05. The van der Waals surface area contributed by atoms with Crippen molar-refractivity contribution >= 4 is 34.4 Å². The van der Waals surface area contributed by atoms with Crippen LogP contribution in [0.15, 0.2) is 29.4 Å². The molecule has 2 saturated heterocycles. The molecular formula is C18H22N4O2S. The van der Waals surface area contributed by atoms with Gasteiger partial charge in [-0.15, -0.1) is 11.8 Å². The largest absolute Gasteiger partial charge is 0.374 e. The molecule has 1 unspecified atom stereocenters. The number of carbonyl (C=O) groups excluding carboxylic acids is 1. The van der Waals surface area contributed by atoms with E-state index >= 15 is 0 Å². The number of ether oxygens (including phenoxy) is 1. The summed E-state index contributed by atoms with van der Waals surface area (Å²) in [7, 11) is 0. The number of benzene rings is 1. The van der Waals surface area contributed by atoms with Crippen molar-refractivity contribution in [2.45, 2.75) is 29.8 Å². The molecular weight excluding hydrogens is 336 g/mol. The van der Waals surface area contributed by atoms with Gasteiger partial charge in [0.15, 0.2) is 0 Å².